The minimum atomic E-state index is -0.0957. The number of carbonyl (C=O) groups excluding carboxylic acids is 1. The average Bonchev–Trinajstić information content (AvgIpc) is 3.35. The standard InChI is InChI=1S/C22H22N4O/c27-22(25-12-17-9-14-3-4-15(17)8-14)21-10-18(16-2-1-6-23-11-16)19-13-24-7-5-20(19)26-21/h1-2,5-7,10-11,13-15,17H,3-4,8-9,12H2,(H,25,27)/t14-,15-,17+/m0/s1. The Kier molecular flexibility index (Phi) is 4.07. The van der Waals surface area contributed by atoms with E-state index >= 15 is 0 Å². The summed E-state index contributed by atoms with van der Waals surface area (Å²) < 4.78 is 0. The topological polar surface area (TPSA) is 67.8 Å². The van der Waals surface area contributed by atoms with Crippen LogP contribution in [0.1, 0.15) is 36.2 Å². The molecule has 0 aliphatic heterocycles. The van der Waals surface area contributed by atoms with Crippen LogP contribution in [-0.2, 0) is 0 Å². The second kappa shape index (κ2) is 6.72. The van der Waals surface area contributed by atoms with Crippen molar-refractivity contribution in [2.75, 3.05) is 6.54 Å². The number of fused-ring (bicyclic) bond motifs is 3. The molecule has 2 bridgehead atoms. The monoisotopic (exact) mass is 358 g/mol. The first-order valence-electron chi connectivity index (χ1n) is 9.71. The lowest BCUT2D eigenvalue weighted by Crippen LogP contribution is -2.32. The van der Waals surface area contributed by atoms with Gasteiger partial charge in [-0.3, -0.25) is 14.8 Å². The first kappa shape index (κ1) is 16.4. The van der Waals surface area contributed by atoms with E-state index in [2.05, 4.69) is 20.3 Å². The fourth-order valence-corrected chi connectivity index (χ4v) is 4.89. The molecule has 3 atom stereocenters. The Bertz CT molecular complexity index is 988. The fraction of sp³-hybridized carbons (Fsp3) is 0.364. The zero-order chi connectivity index (χ0) is 18.2. The van der Waals surface area contributed by atoms with Crippen molar-refractivity contribution in [3.8, 4) is 11.1 Å². The van der Waals surface area contributed by atoms with E-state index < -0.39 is 0 Å². The molecule has 5 nitrogen and oxygen atoms in total. The maximum Gasteiger partial charge on any atom is 0.269 e. The van der Waals surface area contributed by atoms with Gasteiger partial charge in [0.1, 0.15) is 5.69 Å². The minimum absolute atomic E-state index is 0.0957. The van der Waals surface area contributed by atoms with Gasteiger partial charge in [-0.2, -0.15) is 0 Å². The summed E-state index contributed by atoms with van der Waals surface area (Å²) in [5.41, 5.74) is 3.12. The molecule has 1 N–H and O–H groups in total. The predicted octanol–water partition coefficient (Wildman–Crippen LogP) is 3.86. The summed E-state index contributed by atoms with van der Waals surface area (Å²) in [4.78, 5) is 25.8. The van der Waals surface area contributed by atoms with Gasteiger partial charge in [-0.25, -0.2) is 4.98 Å². The third kappa shape index (κ3) is 3.07. The molecular formula is C22H22N4O. The van der Waals surface area contributed by atoms with Gasteiger partial charge in [0, 0.05) is 42.3 Å². The third-order valence-corrected chi connectivity index (χ3v) is 6.22. The van der Waals surface area contributed by atoms with Crippen molar-refractivity contribution in [3.05, 3.63) is 54.7 Å². The van der Waals surface area contributed by atoms with Gasteiger partial charge in [0.05, 0.1) is 5.52 Å². The summed E-state index contributed by atoms with van der Waals surface area (Å²) in [5, 5.41) is 4.06. The molecule has 0 radical (unpaired) electrons. The molecule has 3 heterocycles. The van der Waals surface area contributed by atoms with Crippen LogP contribution >= 0.6 is 0 Å². The van der Waals surface area contributed by atoms with Gasteiger partial charge in [0.15, 0.2) is 0 Å². The largest absolute Gasteiger partial charge is 0.350 e. The lowest BCUT2D eigenvalue weighted by atomic mass is 9.89. The van der Waals surface area contributed by atoms with Crippen LogP contribution in [0.4, 0.5) is 0 Å². The van der Waals surface area contributed by atoms with Crippen molar-refractivity contribution in [2.24, 2.45) is 17.8 Å². The molecule has 0 aromatic carbocycles. The summed E-state index contributed by atoms with van der Waals surface area (Å²) in [5.74, 6) is 2.23. The lowest BCUT2D eigenvalue weighted by Gasteiger charge is -2.21. The smallest absolute Gasteiger partial charge is 0.269 e. The van der Waals surface area contributed by atoms with Crippen LogP contribution in [0.15, 0.2) is 49.1 Å². The Morgan fingerprint density at radius 2 is 2.04 bits per heavy atom. The van der Waals surface area contributed by atoms with E-state index in [0.717, 1.165) is 40.4 Å². The van der Waals surface area contributed by atoms with Crippen LogP contribution in [0.2, 0.25) is 0 Å². The highest BCUT2D eigenvalue weighted by Gasteiger charge is 2.39. The molecule has 5 rings (SSSR count). The minimum Gasteiger partial charge on any atom is -0.350 e. The van der Waals surface area contributed by atoms with Crippen molar-refractivity contribution in [3.63, 3.8) is 0 Å². The van der Waals surface area contributed by atoms with Gasteiger partial charge in [0.25, 0.3) is 5.91 Å². The molecule has 1 amide bonds. The van der Waals surface area contributed by atoms with Gasteiger partial charge in [-0.05, 0) is 60.8 Å². The predicted molar refractivity (Wildman–Crippen MR) is 104 cm³/mol. The second-order valence-electron chi connectivity index (χ2n) is 7.83. The van der Waals surface area contributed by atoms with Gasteiger partial charge in [-0.15, -0.1) is 0 Å². The number of pyridine rings is 3. The summed E-state index contributed by atoms with van der Waals surface area (Å²) in [6.07, 6.45) is 12.4. The van der Waals surface area contributed by atoms with Crippen molar-refractivity contribution >= 4 is 16.8 Å². The Labute approximate surface area is 158 Å². The van der Waals surface area contributed by atoms with Crippen molar-refractivity contribution in [1.82, 2.24) is 20.3 Å². The Morgan fingerprint density at radius 1 is 1.11 bits per heavy atom. The molecule has 0 unspecified atom stereocenters. The van der Waals surface area contributed by atoms with Crippen molar-refractivity contribution < 1.29 is 4.79 Å². The van der Waals surface area contributed by atoms with E-state index in [1.807, 2.05) is 24.3 Å². The normalized spacial score (nSPS) is 23.6. The maximum absolute atomic E-state index is 12.8. The van der Waals surface area contributed by atoms with Gasteiger partial charge in [-0.1, -0.05) is 12.5 Å². The third-order valence-electron chi connectivity index (χ3n) is 6.22. The van der Waals surface area contributed by atoms with Crippen molar-refractivity contribution in [1.29, 1.82) is 0 Å². The quantitative estimate of drug-likeness (QED) is 0.769. The molecule has 27 heavy (non-hydrogen) atoms. The Hall–Kier alpha value is -2.82. The fourth-order valence-electron chi connectivity index (χ4n) is 4.89. The zero-order valence-corrected chi connectivity index (χ0v) is 15.1. The Balaban J connectivity index is 1.43. The molecule has 0 spiro atoms. The number of nitrogens with zero attached hydrogens (tertiary/aromatic N) is 3. The molecule has 0 saturated heterocycles. The molecule has 2 aliphatic rings. The van der Waals surface area contributed by atoms with Crippen LogP contribution in [0.5, 0.6) is 0 Å². The van der Waals surface area contributed by atoms with Gasteiger partial charge >= 0.3 is 0 Å². The molecule has 2 fully saturated rings. The van der Waals surface area contributed by atoms with Crippen LogP contribution < -0.4 is 5.32 Å². The van der Waals surface area contributed by atoms with Gasteiger partial charge < -0.3 is 5.32 Å². The maximum atomic E-state index is 12.8. The molecule has 2 aliphatic carbocycles. The SMILES string of the molecule is O=C(NC[C@H]1C[C@H]2CC[C@H]1C2)c1cc(-c2cccnc2)c2cnccc2n1. The number of hydrogen-bond donors (Lipinski definition) is 1. The lowest BCUT2D eigenvalue weighted by molar-refractivity contribution is 0.0937. The van der Waals surface area contributed by atoms with Crippen LogP contribution in [-0.4, -0.2) is 27.4 Å². The van der Waals surface area contributed by atoms with Crippen LogP contribution in [0, 0.1) is 17.8 Å². The first-order chi connectivity index (χ1) is 13.3. The second-order valence-corrected chi connectivity index (χ2v) is 7.83. The number of amides is 1. The van der Waals surface area contributed by atoms with E-state index in [9.17, 15) is 4.79 Å². The number of rotatable bonds is 4. The molecule has 136 valence electrons. The Morgan fingerprint density at radius 3 is 2.81 bits per heavy atom. The highest BCUT2D eigenvalue weighted by atomic mass is 16.1. The van der Waals surface area contributed by atoms with Gasteiger partial charge in [0.2, 0.25) is 0 Å². The van der Waals surface area contributed by atoms with E-state index in [1.54, 1.807) is 24.8 Å². The first-order valence-corrected chi connectivity index (χ1v) is 9.71. The van der Waals surface area contributed by atoms with Crippen molar-refractivity contribution in [2.45, 2.75) is 25.7 Å². The molecular weight excluding hydrogens is 336 g/mol. The number of aromatic nitrogens is 3. The molecule has 5 heteroatoms. The number of carbonyl (C=O) groups is 1. The van der Waals surface area contributed by atoms with E-state index in [-0.39, 0.29) is 5.91 Å². The zero-order valence-electron chi connectivity index (χ0n) is 15.1. The van der Waals surface area contributed by atoms with E-state index in [4.69, 9.17) is 0 Å². The molecule has 3 aromatic rings. The number of hydrogen-bond acceptors (Lipinski definition) is 4. The van der Waals surface area contributed by atoms with Crippen LogP contribution in [0.3, 0.4) is 0 Å². The molecule has 2 saturated carbocycles. The summed E-state index contributed by atoms with van der Waals surface area (Å²) in [6, 6.07) is 7.59. The molecule has 3 aromatic heterocycles. The average molecular weight is 358 g/mol. The van der Waals surface area contributed by atoms with Crippen LogP contribution in [0.25, 0.3) is 22.0 Å². The summed E-state index contributed by atoms with van der Waals surface area (Å²) in [7, 11) is 0. The summed E-state index contributed by atoms with van der Waals surface area (Å²) in [6.45, 7) is 0.762. The highest BCUT2D eigenvalue weighted by molar-refractivity contribution is 6.00. The summed E-state index contributed by atoms with van der Waals surface area (Å²) >= 11 is 0. The van der Waals surface area contributed by atoms with E-state index in [0.29, 0.717) is 11.6 Å². The number of nitrogens with one attached hydrogen (secondary N) is 1. The highest BCUT2D eigenvalue weighted by Crippen LogP contribution is 2.47. The van der Waals surface area contributed by atoms with E-state index in [1.165, 1.54) is 25.7 Å².